The summed E-state index contributed by atoms with van der Waals surface area (Å²) in [6.45, 7) is 5.52. The number of halogens is 1. The minimum Gasteiger partial charge on any atom is -0.301 e. The summed E-state index contributed by atoms with van der Waals surface area (Å²) in [5.74, 6) is 2.66. The maximum Gasteiger partial charge on any atom is 0.225 e. The summed E-state index contributed by atoms with van der Waals surface area (Å²) in [5.41, 5.74) is 0. The number of hydrogen-bond acceptors (Lipinski definition) is 2. The lowest BCUT2D eigenvalue weighted by Crippen LogP contribution is -2.19. The molecule has 1 aromatic heterocycles. The van der Waals surface area contributed by atoms with Crippen LogP contribution in [0.25, 0.3) is 0 Å². The third-order valence-electron chi connectivity index (χ3n) is 3.74. The number of aromatic nitrogens is 3. The normalized spacial score (nSPS) is 25.1. The van der Waals surface area contributed by atoms with Crippen molar-refractivity contribution in [3.63, 3.8) is 0 Å². The summed E-state index contributed by atoms with van der Waals surface area (Å²) in [4.78, 5) is 0. The third-order valence-corrected chi connectivity index (χ3v) is 4.02. The summed E-state index contributed by atoms with van der Waals surface area (Å²) in [6.07, 6.45) is 7.45. The monoisotopic (exact) mass is 255 g/mol. The Labute approximate surface area is 109 Å². The smallest absolute Gasteiger partial charge is 0.225 e. The largest absolute Gasteiger partial charge is 0.301 e. The van der Waals surface area contributed by atoms with E-state index in [1.807, 2.05) is 0 Å². The highest BCUT2D eigenvalue weighted by molar-refractivity contribution is 6.28. The summed E-state index contributed by atoms with van der Waals surface area (Å²) in [5, 5.41) is 8.73. The lowest BCUT2D eigenvalue weighted by molar-refractivity contribution is 0.255. The molecule has 2 rings (SSSR count). The van der Waals surface area contributed by atoms with Gasteiger partial charge in [0.25, 0.3) is 0 Å². The van der Waals surface area contributed by atoms with Crippen molar-refractivity contribution in [1.29, 1.82) is 0 Å². The second kappa shape index (κ2) is 5.85. The van der Waals surface area contributed by atoms with E-state index in [1.165, 1.54) is 25.7 Å². The van der Waals surface area contributed by atoms with Gasteiger partial charge in [-0.3, -0.25) is 0 Å². The van der Waals surface area contributed by atoms with Gasteiger partial charge in [0, 0.05) is 13.0 Å². The molecule has 96 valence electrons. The Balaban J connectivity index is 2.03. The fraction of sp³-hybridized carbons (Fsp3) is 0.846. The molecule has 0 aromatic carbocycles. The maximum atomic E-state index is 6.13. The minimum absolute atomic E-state index is 0.562. The zero-order valence-corrected chi connectivity index (χ0v) is 11.6. The Hall–Kier alpha value is -0.570. The van der Waals surface area contributed by atoms with Crippen LogP contribution in [0.5, 0.6) is 0 Å². The highest BCUT2D eigenvalue weighted by Crippen LogP contribution is 2.30. The number of aryl methyl sites for hydroxylation is 1. The molecule has 0 radical (unpaired) electrons. The average Bonchev–Trinajstić information content (AvgIpc) is 2.62. The summed E-state index contributed by atoms with van der Waals surface area (Å²) in [6, 6.07) is 0. The second-order valence-corrected chi connectivity index (χ2v) is 5.72. The Morgan fingerprint density at radius 2 is 2.18 bits per heavy atom. The van der Waals surface area contributed by atoms with Crippen LogP contribution in [0, 0.1) is 11.8 Å². The lowest BCUT2D eigenvalue weighted by Gasteiger charge is -2.27. The molecule has 2 unspecified atom stereocenters. The zero-order valence-electron chi connectivity index (χ0n) is 10.8. The molecule has 1 fully saturated rings. The molecule has 0 N–H and O–H groups in total. The Morgan fingerprint density at radius 1 is 1.35 bits per heavy atom. The molecule has 0 amide bonds. The molecule has 0 spiro atoms. The Morgan fingerprint density at radius 3 is 2.88 bits per heavy atom. The van der Waals surface area contributed by atoms with Crippen molar-refractivity contribution >= 4 is 11.6 Å². The van der Waals surface area contributed by atoms with Crippen molar-refractivity contribution in [1.82, 2.24) is 14.8 Å². The average molecular weight is 256 g/mol. The van der Waals surface area contributed by atoms with Gasteiger partial charge in [0.05, 0.1) is 0 Å². The molecule has 17 heavy (non-hydrogen) atoms. The molecule has 4 heteroatoms. The van der Waals surface area contributed by atoms with E-state index in [-0.39, 0.29) is 0 Å². The number of nitrogens with zero attached hydrogens (tertiary/aromatic N) is 3. The van der Waals surface area contributed by atoms with Crippen molar-refractivity contribution in [2.24, 2.45) is 11.8 Å². The van der Waals surface area contributed by atoms with Crippen LogP contribution in [0.15, 0.2) is 0 Å². The van der Waals surface area contributed by atoms with Gasteiger partial charge in [0.2, 0.25) is 5.28 Å². The minimum atomic E-state index is 0.562. The van der Waals surface area contributed by atoms with Crippen LogP contribution in [-0.2, 0) is 13.0 Å². The van der Waals surface area contributed by atoms with E-state index in [0.29, 0.717) is 5.28 Å². The molecule has 0 aliphatic heterocycles. The lowest BCUT2D eigenvalue weighted by atomic mass is 9.82. The van der Waals surface area contributed by atoms with E-state index in [1.54, 1.807) is 0 Å². The van der Waals surface area contributed by atoms with Crippen LogP contribution < -0.4 is 0 Å². The van der Waals surface area contributed by atoms with E-state index in [2.05, 4.69) is 28.6 Å². The fourth-order valence-electron chi connectivity index (χ4n) is 2.89. The van der Waals surface area contributed by atoms with Gasteiger partial charge in [-0.15, -0.1) is 10.2 Å². The zero-order chi connectivity index (χ0) is 12.3. The molecule has 1 aliphatic rings. The standard InChI is InChI=1S/C13H22ClN3/c1-3-5-12-15-16-13(14)17(12)9-11-7-4-6-10(2)8-11/h10-11H,3-9H2,1-2H3. The van der Waals surface area contributed by atoms with E-state index in [4.69, 9.17) is 11.6 Å². The summed E-state index contributed by atoms with van der Waals surface area (Å²) >= 11 is 6.13. The van der Waals surface area contributed by atoms with Gasteiger partial charge in [0.15, 0.2) is 0 Å². The molecular weight excluding hydrogens is 234 g/mol. The van der Waals surface area contributed by atoms with Crippen LogP contribution in [0.3, 0.4) is 0 Å². The van der Waals surface area contributed by atoms with Gasteiger partial charge in [-0.05, 0) is 42.7 Å². The highest BCUT2D eigenvalue weighted by atomic mass is 35.5. The van der Waals surface area contributed by atoms with Crippen LogP contribution in [0.2, 0.25) is 5.28 Å². The van der Waals surface area contributed by atoms with Gasteiger partial charge in [-0.1, -0.05) is 26.7 Å². The first-order valence-corrected chi connectivity index (χ1v) is 7.16. The van der Waals surface area contributed by atoms with Crippen molar-refractivity contribution in [2.45, 2.75) is 58.9 Å². The first-order valence-electron chi connectivity index (χ1n) is 6.78. The molecular formula is C13H22ClN3. The Bertz CT molecular complexity index is 362. The predicted molar refractivity (Wildman–Crippen MR) is 70.1 cm³/mol. The third kappa shape index (κ3) is 3.21. The molecule has 3 nitrogen and oxygen atoms in total. The maximum absolute atomic E-state index is 6.13. The molecule has 1 saturated carbocycles. The van der Waals surface area contributed by atoms with Gasteiger partial charge in [-0.25, -0.2) is 0 Å². The van der Waals surface area contributed by atoms with Gasteiger partial charge >= 0.3 is 0 Å². The van der Waals surface area contributed by atoms with Crippen LogP contribution in [-0.4, -0.2) is 14.8 Å². The molecule has 2 atom stereocenters. The van der Waals surface area contributed by atoms with Crippen molar-refractivity contribution in [2.75, 3.05) is 0 Å². The highest BCUT2D eigenvalue weighted by Gasteiger charge is 2.21. The fourth-order valence-corrected chi connectivity index (χ4v) is 3.09. The molecule has 0 bridgehead atoms. The SMILES string of the molecule is CCCc1nnc(Cl)n1CC1CCCC(C)C1. The van der Waals surface area contributed by atoms with Crippen LogP contribution in [0.1, 0.15) is 51.8 Å². The quantitative estimate of drug-likeness (QED) is 0.821. The second-order valence-electron chi connectivity index (χ2n) is 5.38. The summed E-state index contributed by atoms with van der Waals surface area (Å²) in [7, 11) is 0. The molecule has 1 aromatic rings. The van der Waals surface area contributed by atoms with Gasteiger partial charge in [-0.2, -0.15) is 0 Å². The first-order chi connectivity index (χ1) is 8.20. The number of hydrogen-bond donors (Lipinski definition) is 0. The van der Waals surface area contributed by atoms with E-state index >= 15 is 0 Å². The van der Waals surface area contributed by atoms with Crippen molar-refractivity contribution < 1.29 is 0 Å². The first kappa shape index (κ1) is 12.9. The van der Waals surface area contributed by atoms with Gasteiger partial charge in [0.1, 0.15) is 5.82 Å². The Kier molecular flexibility index (Phi) is 4.43. The molecule has 1 aliphatic carbocycles. The molecule has 0 saturated heterocycles. The topological polar surface area (TPSA) is 30.7 Å². The van der Waals surface area contributed by atoms with Crippen molar-refractivity contribution in [3.05, 3.63) is 11.1 Å². The van der Waals surface area contributed by atoms with E-state index < -0.39 is 0 Å². The van der Waals surface area contributed by atoms with Crippen LogP contribution in [0.4, 0.5) is 0 Å². The van der Waals surface area contributed by atoms with Crippen LogP contribution >= 0.6 is 11.6 Å². The van der Waals surface area contributed by atoms with Gasteiger partial charge < -0.3 is 4.57 Å². The predicted octanol–water partition coefficient (Wildman–Crippen LogP) is 3.71. The molecule has 1 heterocycles. The number of rotatable bonds is 4. The van der Waals surface area contributed by atoms with E-state index in [9.17, 15) is 0 Å². The summed E-state index contributed by atoms with van der Waals surface area (Å²) < 4.78 is 2.12. The van der Waals surface area contributed by atoms with E-state index in [0.717, 1.165) is 37.0 Å². The van der Waals surface area contributed by atoms with Crippen molar-refractivity contribution in [3.8, 4) is 0 Å².